The van der Waals surface area contributed by atoms with Gasteiger partial charge in [-0.2, -0.15) is 0 Å². The van der Waals surface area contributed by atoms with Crippen molar-refractivity contribution in [1.29, 1.82) is 0 Å². The Hall–Kier alpha value is -3.22. The fourth-order valence-electron chi connectivity index (χ4n) is 2.67. The van der Waals surface area contributed by atoms with Gasteiger partial charge in [-0.05, 0) is 36.2 Å². The number of ether oxygens (including phenoxy) is 4. The predicted molar refractivity (Wildman–Crippen MR) is 98.7 cm³/mol. The van der Waals surface area contributed by atoms with E-state index in [0.717, 1.165) is 12.0 Å². The maximum Gasteiger partial charge on any atom is 0.338 e. The number of nitrogens with one attached hydrogen (secondary N) is 1. The van der Waals surface area contributed by atoms with E-state index in [1.54, 1.807) is 6.07 Å². The van der Waals surface area contributed by atoms with Crippen LogP contribution in [0, 0.1) is 0 Å². The number of amides is 1. The normalized spacial score (nSPS) is 12.2. The van der Waals surface area contributed by atoms with Gasteiger partial charge in [-0.15, -0.1) is 0 Å². The van der Waals surface area contributed by atoms with Crippen LogP contribution in [0.1, 0.15) is 22.8 Å². The summed E-state index contributed by atoms with van der Waals surface area (Å²) in [6.45, 7) is 2.43. The van der Waals surface area contributed by atoms with Gasteiger partial charge in [0.15, 0.2) is 18.1 Å². The quantitative estimate of drug-likeness (QED) is 0.786. The minimum absolute atomic E-state index is 0.219. The highest BCUT2D eigenvalue weighted by Crippen LogP contribution is 2.40. The number of aryl methyl sites for hydroxylation is 1. The number of benzene rings is 2. The van der Waals surface area contributed by atoms with Crippen LogP contribution in [0.25, 0.3) is 0 Å². The SMILES string of the molecule is CCc1cccc(NC(=O)COC(=O)c2cc(OC)c3c(c2)OCCO3)c1. The van der Waals surface area contributed by atoms with Crippen molar-refractivity contribution in [3.63, 3.8) is 0 Å². The lowest BCUT2D eigenvalue weighted by molar-refractivity contribution is -0.119. The van der Waals surface area contributed by atoms with Gasteiger partial charge in [-0.1, -0.05) is 19.1 Å². The van der Waals surface area contributed by atoms with Crippen molar-refractivity contribution in [2.45, 2.75) is 13.3 Å². The molecule has 3 rings (SSSR count). The Kier molecular flexibility index (Phi) is 5.80. The molecule has 1 N–H and O–H groups in total. The number of carbonyl (C=O) groups excluding carboxylic acids is 2. The van der Waals surface area contributed by atoms with Crippen molar-refractivity contribution in [2.24, 2.45) is 0 Å². The van der Waals surface area contributed by atoms with Crippen LogP contribution in [-0.4, -0.2) is 38.8 Å². The van der Waals surface area contributed by atoms with Gasteiger partial charge in [0.1, 0.15) is 13.2 Å². The summed E-state index contributed by atoms with van der Waals surface area (Å²) in [4.78, 5) is 24.3. The first-order chi connectivity index (χ1) is 13.1. The molecular weight excluding hydrogens is 350 g/mol. The van der Waals surface area contributed by atoms with Gasteiger partial charge in [-0.3, -0.25) is 4.79 Å². The van der Waals surface area contributed by atoms with Gasteiger partial charge >= 0.3 is 5.97 Å². The number of hydrogen-bond donors (Lipinski definition) is 1. The summed E-state index contributed by atoms with van der Waals surface area (Å²) >= 11 is 0. The molecule has 0 bridgehead atoms. The smallest absolute Gasteiger partial charge is 0.338 e. The van der Waals surface area contributed by atoms with E-state index in [-0.39, 0.29) is 5.56 Å². The number of esters is 1. The number of carbonyl (C=O) groups is 2. The van der Waals surface area contributed by atoms with Crippen LogP contribution in [0.3, 0.4) is 0 Å². The van der Waals surface area contributed by atoms with Gasteiger partial charge in [0.2, 0.25) is 5.75 Å². The zero-order valence-electron chi connectivity index (χ0n) is 15.2. The molecule has 1 aliphatic rings. The van der Waals surface area contributed by atoms with Gasteiger partial charge in [0.25, 0.3) is 5.91 Å². The van der Waals surface area contributed by atoms with Crippen LogP contribution >= 0.6 is 0 Å². The fraction of sp³-hybridized carbons (Fsp3) is 0.300. The molecule has 0 unspecified atom stereocenters. The minimum Gasteiger partial charge on any atom is -0.493 e. The van der Waals surface area contributed by atoms with Gasteiger partial charge < -0.3 is 24.3 Å². The lowest BCUT2D eigenvalue weighted by atomic mass is 10.1. The molecule has 0 fully saturated rings. The van der Waals surface area contributed by atoms with E-state index in [2.05, 4.69) is 5.32 Å². The number of hydrogen-bond acceptors (Lipinski definition) is 6. The third-order valence-electron chi connectivity index (χ3n) is 4.02. The van der Waals surface area contributed by atoms with Crippen molar-refractivity contribution < 1.29 is 28.5 Å². The molecular formula is C20H21NO6. The summed E-state index contributed by atoms with van der Waals surface area (Å²) in [5.41, 5.74) is 1.99. The highest BCUT2D eigenvalue weighted by Gasteiger charge is 2.22. The molecule has 0 radical (unpaired) electrons. The third kappa shape index (κ3) is 4.49. The van der Waals surface area contributed by atoms with Crippen LogP contribution < -0.4 is 19.5 Å². The average molecular weight is 371 g/mol. The minimum atomic E-state index is -0.650. The summed E-state index contributed by atoms with van der Waals surface area (Å²) in [7, 11) is 1.47. The highest BCUT2D eigenvalue weighted by atomic mass is 16.6. The van der Waals surface area contributed by atoms with E-state index in [0.29, 0.717) is 36.1 Å². The summed E-state index contributed by atoms with van der Waals surface area (Å²) in [6.07, 6.45) is 0.866. The maximum atomic E-state index is 12.3. The number of fused-ring (bicyclic) bond motifs is 1. The molecule has 0 saturated heterocycles. The zero-order valence-corrected chi connectivity index (χ0v) is 15.2. The molecule has 1 amide bonds. The van der Waals surface area contributed by atoms with E-state index in [1.807, 2.05) is 25.1 Å². The Morgan fingerprint density at radius 3 is 2.74 bits per heavy atom. The summed E-state index contributed by atoms with van der Waals surface area (Å²) < 4.78 is 21.3. The Labute approximate surface area is 157 Å². The Bertz CT molecular complexity index is 831. The molecule has 1 heterocycles. The van der Waals surface area contributed by atoms with Crippen LogP contribution in [0.15, 0.2) is 36.4 Å². The largest absolute Gasteiger partial charge is 0.493 e. The Morgan fingerprint density at radius 2 is 1.96 bits per heavy atom. The monoisotopic (exact) mass is 371 g/mol. The van der Waals surface area contributed by atoms with Gasteiger partial charge in [0.05, 0.1) is 12.7 Å². The van der Waals surface area contributed by atoms with Crippen LogP contribution in [0.4, 0.5) is 5.69 Å². The summed E-state index contributed by atoms with van der Waals surface area (Å²) in [5.74, 6) is 0.172. The molecule has 7 nitrogen and oxygen atoms in total. The molecule has 2 aromatic rings. The van der Waals surface area contributed by atoms with Gasteiger partial charge in [0, 0.05) is 5.69 Å². The van der Waals surface area contributed by atoms with Crippen molar-refractivity contribution in [1.82, 2.24) is 0 Å². The van der Waals surface area contributed by atoms with Crippen molar-refractivity contribution in [3.05, 3.63) is 47.5 Å². The first kappa shape index (κ1) is 18.6. The topological polar surface area (TPSA) is 83.1 Å². The second kappa shape index (κ2) is 8.44. The van der Waals surface area contributed by atoms with E-state index in [4.69, 9.17) is 18.9 Å². The highest BCUT2D eigenvalue weighted by molar-refractivity contribution is 5.96. The summed E-state index contributed by atoms with van der Waals surface area (Å²) in [6, 6.07) is 10.5. The molecule has 0 spiro atoms. The molecule has 0 atom stereocenters. The number of methoxy groups -OCH3 is 1. The average Bonchev–Trinajstić information content (AvgIpc) is 2.71. The Morgan fingerprint density at radius 1 is 1.15 bits per heavy atom. The van der Waals surface area contributed by atoms with Gasteiger partial charge in [-0.25, -0.2) is 4.79 Å². The predicted octanol–water partition coefficient (Wildman–Crippen LogP) is 2.82. The van der Waals surface area contributed by atoms with Crippen LogP contribution in [-0.2, 0) is 16.0 Å². The van der Waals surface area contributed by atoms with Crippen molar-refractivity contribution in [2.75, 3.05) is 32.2 Å². The van der Waals surface area contributed by atoms with Crippen LogP contribution in [0.2, 0.25) is 0 Å². The van der Waals surface area contributed by atoms with Crippen molar-refractivity contribution in [3.8, 4) is 17.2 Å². The second-order valence-corrected chi connectivity index (χ2v) is 5.88. The molecule has 0 aliphatic carbocycles. The molecule has 2 aromatic carbocycles. The van der Waals surface area contributed by atoms with E-state index in [9.17, 15) is 9.59 Å². The first-order valence-corrected chi connectivity index (χ1v) is 8.64. The zero-order chi connectivity index (χ0) is 19.2. The number of anilines is 1. The molecule has 7 heteroatoms. The fourth-order valence-corrected chi connectivity index (χ4v) is 2.67. The standard InChI is InChI=1S/C20H21NO6/c1-3-13-5-4-6-15(9-13)21-18(22)12-27-20(23)14-10-16(24-2)19-17(11-14)25-7-8-26-19/h4-6,9-11H,3,7-8,12H2,1-2H3,(H,21,22). The molecule has 0 saturated carbocycles. The third-order valence-corrected chi connectivity index (χ3v) is 4.02. The van der Waals surface area contributed by atoms with E-state index < -0.39 is 18.5 Å². The lowest BCUT2D eigenvalue weighted by Crippen LogP contribution is -2.21. The maximum absolute atomic E-state index is 12.3. The Balaban J connectivity index is 1.62. The molecule has 0 aromatic heterocycles. The summed E-state index contributed by atoms with van der Waals surface area (Å²) in [5, 5.41) is 2.71. The number of rotatable bonds is 6. The van der Waals surface area contributed by atoms with Crippen molar-refractivity contribution >= 4 is 17.6 Å². The second-order valence-electron chi connectivity index (χ2n) is 5.88. The lowest BCUT2D eigenvalue weighted by Gasteiger charge is -2.21. The first-order valence-electron chi connectivity index (χ1n) is 8.64. The molecule has 1 aliphatic heterocycles. The molecule has 27 heavy (non-hydrogen) atoms. The van der Waals surface area contributed by atoms with E-state index >= 15 is 0 Å². The van der Waals surface area contributed by atoms with Crippen LogP contribution in [0.5, 0.6) is 17.2 Å². The van der Waals surface area contributed by atoms with E-state index in [1.165, 1.54) is 19.2 Å². The molecule has 142 valence electrons.